The number of nitrogens with one attached hydrogen (secondary N) is 1. The molecule has 3 heterocycles. The van der Waals surface area contributed by atoms with E-state index in [2.05, 4.69) is 62.9 Å². The van der Waals surface area contributed by atoms with Crippen molar-refractivity contribution in [2.24, 2.45) is 12.8 Å². The Kier molecular flexibility index (Phi) is 5.03. The van der Waals surface area contributed by atoms with Gasteiger partial charge in [-0.3, -0.25) is 4.68 Å². The summed E-state index contributed by atoms with van der Waals surface area (Å²) in [6.07, 6.45) is 3.99. The Morgan fingerprint density at radius 2 is 1.71 bits per heavy atom. The first-order valence-electron chi connectivity index (χ1n) is 10.7. The SMILES string of the molecule is CNc1ccc(-c2cc(N3CCC(N)CC3)nnc2-c2ccc3nn(C)cc3c2)cc1. The molecule has 0 spiro atoms. The Morgan fingerprint density at radius 3 is 2.45 bits per heavy atom. The highest BCUT2D eigenvalue weighted by atomic mass is 15.3. The van der Waals surface area contributed by atoms with E-state index in [0.29, 0.717) is 0 Å². The number of aromatic nitrogens is 4. The molecule has 0 atom stereocenters. The summed E-state index contributed by atoms with van der Waals surface area (Å²) in [6.45, 7) is 1.82. The molecule has 1 aliphatic heterocycles. The number of hydrogen-bond donors (Lipinski definition) is 2. The van der Waals surface area contributed by atoms with Crippen LogP contribution in [0.3, 0.4) is 0 Å². The molecule has 7 nitrogen and oxygen atoms in total. The number of fused-ring (bicyclic) bond motifs is 1. The minimum Gasteiger partial charge on any atom is -0.388 e. The topological polar surface area (TPSA) is 84.9 Å². The van der Waals surface area contributed by atoms with Gasteiger partial charge in [-0.05, 0) is 48.7 Å². The number of nitrogens with zero attached hydrogens (tertiary/aromatic N) is 5. The lowest BCUT2D eigenvalue weighted by Crippen LogP contribution is -2.40. The van der Waals surface area contributed by atoms with E-state index in [-0.39, 0.29) is 6.04 Å². The Labute approximate surface area is 181 Å². The molecule has 5 rings (SSSR count). The predicted octanol–water partition coefficient (Wildman–Crippen LogP) is 3.67. The maximum absolute atomic E-state index is 6.10. The molecule has 158 valence electrons. The molecule has 2 aromatic heterocycles. The zero-order valence-corrected chi connectivity index (χ0v) is 17.9. The highest BCUT2D eigenvalue weighted by Crippen LogP contribution is 2.34. The van der Waals surface area contributed by atoms with E-state index in [1.54, 1.807) is 0 Å². The van der Waals surface area contributed by atoms with Crippen molar-refractivity contribution in [3.8, 4) is 22.4 Å². The molecule has 0 saturated carbocycles. The van der Waals surface area contributed by atoms with Gasteiger partial charge in [0.2, 0.25) is 0 Å². The summed E-state index contributed by atoms with van der Waals surface area (Å²) in [5.74, 6) is 0.908. The standard InChI is InChI=1S/C24H27N7/c1-26-20-6-3-16(4-7-20)21-14-23(31-11-9-19(25)10-12-31)27-28-24(21)17-5-8-22-18(13-17)15-30(2)29-22/h3-8,13-15,19,26H,9-12,25H2,1-2H3. The average molecular weight is 414 g/mol. The summed E-state index contributed by atoms with van der Waals surface area (Å²) < 4.78 is 1.83. The van der Waals surface area contributed by atoms with Crippen molar-refractivity contribution in [3.05, 3.63) is 54.7 Å². The Balaban J connectivity index is 1.61. The Hall–Kier alpha value is -3.45. The fourth-order valence-electron chi connectivity index (χ4n) is 4.21. The van der Waals surface area contributed by atoms with Crippen molar-refractivity contribution in [2.45, 2.75) is 18.9 Å². The number of hydrogen-bond acceptors (Lipinski definition) is 6. The lowest BCUT2D eigenvalue weighted by molar-refractivity contribution is 0.497. The average Bonchev–Trinajstić information content (AvgIpc) is 3.18. The van der Waals surface area contributed by atoms with Crippen LogP contribution in [0.1, 0.15) is 12.8 Å². The molecule has 0 amide bonds. The number of piperidine rings is 1. The van der Waals surface area contributed by atoms with Crippen LogP contribution >= 0.6 is 0 Å². The van der Waals surface area contributed by atoms with E-state index in [9.17, 15) is 0 Å². The normalized spacial score (nSPS) is 14.9. The molecule has 7 heteroatoms. The zero-order chi connectivity index (χ0) is 21.4. The second-order valence-corrected chi connectivity index (χ2v) is 8.19. The largest absolute Gasteiger partial charge is 0.388 e. The molecule has 2 aromatic carbocycles. The number of rotatable bonds is 4. The van der Waals surface area contributed by atoms with Crippen molar-refractivity contribution in [2.75, 3.05) is 30.4 Å². The minimum atomic E-state index is 0.281. The summed E-state index contributed by atoms with van der Waals surface area (Å²) >= 11 is 0. The first-order chi connectivity index (χ1) is 15.1. The van der Waals surface area contributed by atoms with Crippen molar-refractivity contribution in [1.29, 1.82) is 0 Å². The number of anilines is 2. The molecule has 4 aromatic rings. The molecule has 0 bridgehead atoms. The van der Waals surface area contributed by atoms with Crippen molar-refractivity contribution in [3.63, 3.8) is 0 Å². The zero-order valence-electron chi connectivity index (χ0n) is 17.9. The van der Waals surface area contributed by atoms with Gasteiger partial charge in [0.1, 0.15) is 5.69 Å². The molecule has 0 aliphatic carbocycles. The summed E-state index contributed by atoms with van der Waals surface area (Å²) in [4.78, 5) is 2.29. The third kappa shape index (κ3) is 3.84. The van der Waals surface area contributed by atoms with Crippen LogP contribution in [0, 0.1) is 0 Å². The lowest BCUT2D eigenvalue weighted by Gasteiger charge is -2.31. The van der Waals surface area contributed by atoms with Gasteiger partial charge >= 0.3 is 0 Å². The van der Waals surface area contributed by atoms with Gasteiger partial charge < -0.3 is 16.0 Å². The number of aryl methyl sites for hydroxylation is 1. The Bertz CT molecular complexity index is 1200. The van der Waals surface area contributed by atoms with Crippen LogP contribution in [-0.2, 0) is 7.05 Å². The molecule has 1 fully saturated rings. The number of nitrogens with two attached hydrogens (primary N) is 1. The fourth-order valence-corrected chi connectivity index (χ4v) is 4.21. The highest BCUT2D eigenvalue weighted by Gasteiger charge is 2.20. The molecule has 31 heavy (non-hydrogen) atoms. The summed E-state index contributed by atoms with van der Waals surface area (Å²) in [5.41, 5.74) is 12.2. The lowest BCUT2D eigenvalue weighted by atomic mass is 9.98. The van der Waals surface area contributed by atoms with Gasteiger partial charge in [0.05, 0.1) is 5.52 Å². The smallest absolute Gasteiger partial charge is 0.151 e. The van der Waals surface area contributed by atoms with Gasteiger partial charge in [0, 0.05) is 61.6 Å². The molecule has 0 unspecified atom stereocenters. The highest BCUT2D eigenvalue weighted by molar-refractivity contribution is 5.88. The van der Waals surface area contributed by atoms with Crippen LogP contribution in [-0.4, -0.2) is 46.2 Å². The fraction of sp³-hybridized carbons (Fsp3) is 0.292. The van der Waals surface area contributed by atoms with Crippen LogP contribution in [0.4, 0.5) is 11.5 Å². The predicted molar refractivity (Wildman–Crippen MR) is 126 cm³/mol. The van der Waals surface area contributed by atoms with Crippen molar-refractivity contribution < 1.29 is 0 Å². The number of benzene rings is 2. The van der Waals surface area contributed by atoms with Gasteiger partial charge in [0.15, 0.2) is 5.82 Å². The summed E-state index contributed by atoms with van der Waals surface area (Å²) in [7, 11) is 3.87. The molecule has 0 radical (unpaired) electrons. The Morgan fingerprint density at radius 1 is 0.968 bits per heavy atom. The van der Waals surface area contributed by atoms with Crippen LogP contribution in [0.25, 0.3) is 33.3 Å². The molecular formula is C24H27N7. The van der Waals surface area contributed by atoms with E-state index < -0.39 is 0 Å². The van der Waals surface area contributed by atoms with Crippen LogP contribution in [0.5, 0.6) is 0 Å². The quantitative estimate of drug-likeness (QED) is 0.531. The van der Waals surface area contributed by atoms with Gasteiger partial charge in [0.25, 0.3) is 0 Å². The third-order valence-electron chi connectivity index (χ3n) is 6.02. The molecule has 3 N–H and O–H groups in total. The molecule has 1 saturated heterocycles. The van der Waals surface area contributed by atoms with Crippen LogP contribution < -0.4 is 16.0 Å². The maximum Gasteiger partial charge on any atom is 0.151 e. The van der Waals surface area contributed by atoms with E-state index in [1.165, 1.54) is 0 Å². The van der Waals surface area contributed by atoms with E-state index in [0.717, 1.165) is 70.7 Å². The second kappa shape index (κ2) is 8.00. The minimum absolute atomic E-state index is 0.281. The molecule has 1 aliphatic rings. The van der Waals surface area contributed by atoms with Gasteiger partial charge in [-0.2, -0.15) is 5.10 Å². The molecular weight excluding hydrogens is 386 g/mol. The van der Waals surface area contributed by atoms with Gasteiger partial charge in [-0.1, -0.05) is 18.2 Å². The van der Waals surface area contributed by atoms with E-state index in [4.69, 9.17) is 10.8 Å². The van der Waals surface area contributed by atoms with E-state index in [1.807, 2.05) is 31.0 Å². The van der Waals surface area contributed by atoms with Crippen molar-refractivity contribution >= 4 is 22.4 Å². The monoisotopic (exact) mass is 413 g/mol. The second-order valence-electron chi connectivity index (χ2n) is 8.19. The summed E-state index contributed by atoms with van der Waals surface area (Å²) in [5, 5.41) is 18.1. The first kappa shape index (κ1) is 19.5. The van der Waals surface area contributed by atoms with Crippen LogP contribution in [0.15, 0.2) is 54.7 Å². The van der Waals surface area contributed by atoms with E-state index >= 15 is 0 Å². The van der Waals surface area contributed by atoms with Crippen LogP contribution in [0.2, 0.25) is 0 Å². The van der Waals surface area contributed by atoms with Gasteiger partial charge in [-0.25, -0.2) is 0 Å². The first-order valence-corrected chi connectivity index (χ1v) is 10.7. The third-order valence-corrected chi connectivity index (χ3v) is 6.02. The van der Waals surface area contributed by atoms with Crippen molar-refractivity contribution in [1.82, 2.24) is 20.0 Å². The summed E-state index contributed by atoms with van der Waals surface area (Å²) in [6, 6.07) is 17.1. The van der Waals surface area contributed by atoms with Gasteiger partial charge in [-0.15, -0.1) is 10.2 Å². The maximum atomic E-state index is 6.10.